The lowest BCUT2D eigenvalue weighted by atomic mass is 9.90. The lowest BCUT2D eigenvalue weighted by Gasteiger charge is -2.37. The van der Waals surface area contributed by atoms with Gasteiger partial charge < -0.3 is 25.2 Å². The van der Waals surface area contributed by atoms with Gasteiger partial charge in [0, 0.05) is 42.1 Å². The average Bonchev–Trinajstić information content (AvgIpc) is 3.26. The number of rotatable bonds is 5. The maximum absolute atomic E-state index is 10.9. The smallest absolute Gasteiger partial charge is 0.145 e. The molecule has 2 fully saturated rings. The minimum absolute atomic E-state index is 0.0239. The van der Waals surface area contributed by atoms with E-state index < -0.39 is 0 Å². The summed E-state index contributed by atoms with van der Waals surface area (Å²) in [4.78, 5) is 11.9. The number of aromatic hydroxyl groups is 1. The summed E-state index contributed by atoms with van der Waals surface area (Å²) in [7, 11) is 0. The van der Waals surface area contributed by atoms with Gasteiger partial charge in [-0.3, -0.25) is 4.57 Å². The van der Waals surface area contributed by atoms with Crippen molar-refractivity contribution in [3.05, 3.63) is 48.8 Å². The largest absolute Gasteiger partial charge is 0.506 e. The standard InChI is InChI=1S/C26H29N5O3/c1-26(13-33-14-26)15-34-19-11-20-25(22(32)12-19)31(16-28-20)23-6-5-17-3-2-4-21(24(17)29-23)30-9-7-18(27)8-10-30/h2-6,11-12,16,18,32H,7-10,13-15,27H2,1H3. The summed E-state index contributed by atoms with van der Waals surface area (Å²) >= 11 is 0. The first kappa shape index (κ1) is 21.2. The Bertz CT molecular complexity index is 1360. The molecule has 34 heavy (non-hydrogen) atoms. The third-order valence-electron chi connectivity index (χ3n) is 6.90. The third-order valence-corrected chi connectivity index (χ3v) is 6.90. The Morgan fingerprint density at radius 3 is 2.76 bits per heavy atom. The number of imidazole rings is 1. The molecule has 6 rings (SSSR count). The number of pyridine rings is 1. The van der Waals surface area contributed by atoms with Crippen molar-refractivity contribution in [1.82, 2.24) is 14.5 Å². The van der Waals surface area contributed by atoms with E-state index in [1.807, 2.05) is 16.7 Å². The van der Waals surface area contributed by atoms with E-state index in [1.54, 1.807) is 12.4 Å². The zero-order valence-corrected chi connectivity index (χ0v) is 19.3. The van der Waals surface area contributed by atoms with E-state index in [0.717, 1.165) is 42.5 Å². The van der Waals surface area contributed by atoms with E-state index in [0.29, 0.717) is 42.4 Å². The van der Waals surface area contributed by atoms with Gasteiger partial charge >= 0.3 is 0 Å². The number of hydrogen-bond donors (Lipinski definition) is 2. The molecule has 2 aromatic heterocycles. The Kier molecular flexibility index (Phi) is 5.08. The van der Waals surface area contributed by atoms with Crippen LogP contribution in [0.3, 0.4) is 0 Å². The predicted octanol–water partition coefficient (Wildman–Crippen LogP) is 3.62. The zero-order valence-electron chi connectivity index (χ0n) is 19.3. The first-order valence-electron chi connectivity index (χ1n) is 11.8. The number of anilines is 1. The summed E-state index contributed by atoms with van der Waals surface area (Å²) in [5.41, 5.74) is 9.46. The molecule has 2 saturated heterocycles. The third kappa shape index (κ3) is 3.73. The first-order valence-corrected chi connectivity index (χ1v) is 11.8. The van der Waals surface area contributed by atoms with Gasteiger partial charge in [-0.2, -0.15) is 0 Å². The fraction of sp³-hybridized carbons (Fsp3) is 0.385. The van der Waals surface area contributed by atoms with Crippen molar-refractivity contribution >= 4 is 27.6 Å². The van der Waals surface area contributed by atoms with Crippen LogP contribution >= 0.6 is 0 Å². The monoisotopic (exact) mass is 459 g/mol. The van der Waals surface area contributed by atoms with E-state index in [2.05, 4.69) is 41.1 Å². The maximum atomic E-state index is 10.9. The molecule has 0 aliphatic carbocycles. The lowest BCUT2D eigenvalue weighted by Crippen LogP contribution is -2.44. The molecule has 4 heterocycles. The molecule has 2 aliphatic heterocycles. The van der Waals surface area contributed by atoms with Crippen LogP contribution in [0.4, 0.5) is 5.69 Å². The van der Waals surface area contributed by atoms with Crippen LogP contribution in [-0.4, -0.2) is 58.6 Å². The number of para-hydroxylation sites is 1. The minimum atomic E-state index is 0.0239. The minimum Gasteiger partial charge on any atom is -0.506 e. The van der Waals surface area contributed by atoms with Crippen LogP contribution in [0, 0.1) is 5.41 Å². The van der Waals surface area contributed by atoms with E-state index >= 15 is 0 Å². The zero-order chi connectivity index (χ0) is 23.3. The first-order chi connectivity index (χ1) is 16.5. The topological polar surface area (TPSA) is 98.7 Å². The molecule has 0 radical (unpaired) electrons. The van der Waals surface area contributed by atoms with Crippen molar-refractivity contribution in [1.29, 1.82) is 0 Å². The van der Waals surface area contributed by atoms with Crippen molar-refractivity contribution in [3.8, 4) is 17.3 Å². The Balaban J connectivity index is 1.35. The van der Waals surface area contributed by atoms with Crippen LogP contribution in [0.2, 0.25) is 0 Å². The summed E-state index contributed by atoms with van der Waals surface area (Å²) < 4.78 is 13.1. The maximum Gasteiger partial charge on any atom is 0.145 e. The number of aromatic nitrogens is 3. The van der Waals surface area contributed by atoms with Crippen molar-refractivity contribution in [2.24, 2.45) is 11.1 Å². The number of fused-ring (bicyclic) bond motifs is 2. The Morgan fingerprint density at radius 1 is 1.18 bits per heavy atom. The quantitative estimate of drug-likeness (QED) is 0.470. The normalized spacial score (nSPS) is 18.4. The lowest BCUT2D eigenvalue weighted by molar-refractivity contribution is -0.120. The van der Waals surface area contributed by atoms with E-state index in [9.17, 15) is 5.11 Å². The highest BCUT2D eigenvalue weighted by atomic mass is 16.5. The van der Waals surface area contributed by atoms with Gasteiger partial charge in [0.2, 0.25) is 0 Å². The molecule has 0 bridgehead atoms. The molecule has 0 unspecified atom stereocenters. The predicted molar refractivity (Wildman–Crippen MR) is 132 cm³/mol. The number of piperidine rings is 1. The average molecular weight is 460 g/mol. The molecule has 0 spiro atoms. The number of benzene rings is 2. The summed E-state index contributed by atoms with van der Waals surface area (Å²) in [5.74, 6) is 1.42. The summed E-state index contributed by atoms with van der Waals surface area (Å²) in [6.07, 6.45) is 3.66. The molecule has 0 saturated carbocycles. The molecule has 8 heteroatoms. The molecule has 0 atom stereocenters. The van der Waals surface area contributed by atoms with Crippen LogP contribution < -0.4 is 15.4 Å². The SMILES string of the molecule is CC1(COc2cc(O)c3c(c2)ncn3-c2ccc3cccc(N4CCC(N)CC4)c3n2)COC1. The van der Waals surface area contributed by atoms with Crippen LogP contribution in [0.1, 0.15) is 19.8 Å². The summed E-state index contributed by atoms with van der Waals surface area (Å²) in [6.45, 7) is 5.89. The molecule has 2 aliphatic rings. The van der Waals surface area contributed by atoms with Gasteiger partial charge in [-0.05, 0) is 31.0 Å². The second-order valence-corrected chi connectivity index (χ2v) is 9.86. The van der Waals surface area contributed by atoms with Crippen LogP contribution in [0.25, 0.3) is 27.8 Å². The second-order valence-electron chi connectivity index (χ2n) is 9.86. The van der Waals surface area contributed by atoms with Gasteiger partial charge in [-0.1, -0.05) is 19.1 Å². The Hall–Kier alpha value is -3.36. The van der Waals surface area contributed by atoms with Gasteiger partial charge in [-0.25, -0.2) is 9.97 Å². The van der Waals surface area contributed by atoms with Crippen LogP contribution in [0.15, 0.2) is 48.8 Å². The number of nitrogens with two attached hydrogens (primary N) is 1. The molecular formula is C26H29N5O3. The fourth-order valence-electron chi connectivity index (χ4n) is 4.80. The van der Waals surface area contributed by atoms with Gasteiger partial charge in [0.1, 0.15) is 29.2 Å². The molecule has 4 aromatic rings. The molecule has 2 aromatic carbocycles. The highest BCUT2D eigenvalue weighted by molar-refractivity contribution is 5.92. The highest BCUT2D eigenvalue weighted by Crippen LogP contribution is 2.34. The number of phenolic OH excluding ortho intramolecular Hbond substituents is 1. The number of phenols is 1. The van der Waals surface area contributed by atoms with E-state index in [4.69, 9.17) is 20.2 Å². The molecule has 176 valence electrons. The Morgan fingerprint density at radius 2 is 2.00 bits per heavy atom. The van der Waals surface area contributed by atoms with Gasteiger partial charge in [-0.15, -0.1) is 0 Å². The molecule has 3 N–H and O–H groups in total. The number of ether oxygens (including phenoxy) is 2. The van der Waals surface area contributed by atoms with E-state index in [1.165, 1.54) is 0 Å². The fourth-order valence-corrected chi connectivity index (χ4v) is 4.80. The molecule has 8 nitrogen and oxygen atoms in total. The Labute approximate surface area is 197 Å². The number of nitrogens with zero attached hydrogens (tertiary/aromatic N) is 4. The van der Waals surface area contributed by atoms with Gasteiger partial charge in [0.15, 0.2) is 0 Å². The summed E-state index contributed by atoms with van der Waals surface area (Å²) in [5, 5.41) is 11.9. The number of hydrogen-bond acceptors (Lipinski definition) is 7. The van der Waals surface area contributed by atoms with Crippen molar-refractivity contribution in [2.45, 2.75) is 25.8 Å². The van der Waals surface area contributed by atoms with Crippen molar-refractivity contribution in [2.75, 3.05) is 37.8 Å². The van der Waals surface area contributed by atoms with Crippen molar-refractivity contribution in [3.63, 3.8) is 0 Å². The molecule has 0 amide bonds. The second kappa shape index (κ2) is 8.14. The summed E-state index contributed by atoms with van der Waals surface area (Å²) in [6, 6.07) is 14.1. The van der Waals surface area contributed by atoms with Crippen LogP contribution in [-0.2, 0) is 4.74 Å². The van der Waals surface area contributed by atoms with E-state index in [-0.39, 0.29) is 17.2 Å². The molecular weight excluding hydrogens is 430 g/mol. The van der Waals surface area contributed by atoms with Crippen molar-refractivity contribution < 1.29 is 14.6 Å². The van der Waals surface area contributed by atoms with Crippen LogP contribution in [0.5, 0.6) is 11.5 Å². The van der Waals surface area contributed by atoms with Gasteiger partial charge in [0.25, 0.3) is 0 Å². The van der Waals surface area contributed by atoms with Gasteiger partial charge in [0.05, 0.1) is 36.5 Å². The highest BCUT2D eigenvalue weighted by Gasteiger charge is 2.34.